The first-order chi connectivity index (χ1) is 7.22. The molecule has 0 N–H and O–H groups in total. The second-order valence-electron chi connectivity index (χ2n) is 2.84. The predicted octanol–water partition coefficient (Wildman–Crippen LogP) is 1.93. The predicted molar refractivity (Wildman–Crippen MR) is 55.7 cm³/mol. The molecule has 2 aromatic heterocycles. The van der Waals surface area contributed by atoms with Gasteiger partial charge in [-0.05, 0) is 13.0 Å². The zero-order valence-electron chi connectivity index (χ0n) is 7.95. The van der Waals surface area contributed by atoms with Crippen LogP contribution in [0, 0.1) is 10.1 Å². The Hall–Kier alpha value is -1.76. The summed E-state index contributed by atoms with van der Waals surface area (Å²) in [5.41, 5.74) is 0. The molecule has 0 spiro atoms. The van der Waals surface area contributed by atoms with E-state index in [0.717, 1.165) is 22.8 Å². The van der Waals surface area contributed by atoms with E-state index in [0.29, 0.717) is 5.82 Å². The molecule has 78 valence electrons. The van der Waals surface area contributed by atoms with Gasteiger partial charge < -0.3 is 4.57 Å². The summed E-state index contributed by atoms with van der Waals surface area (Å²) in [7, 11) is 0. The van der Waals surface area contributed by atoms with Crippen LogP contribution >= 0.6 is 11.3 Å². The number of aromatic nitrogens is 3. The van der Waals surface area contributed by atoms with Gasteiger partial charge in [0.05, 0.1) is 9.80 Å². The standard InChI is InChI=1S/C8H8N4O2S/c1-2-11-5-9-10-8(11)6-3-4-7(15-6)12(13)14/h3-5H,2H2,1H3. The van der Waals surface area contributed by atoms with Gasteiger partial charge in [0, 0.05) is 12.6 Å². The van der Waals surface area contributed by atoms with E-state index in [9.17, 15) is 10.1 Å². The lowest BCUT2D eigenvalue weighted by molar-refractivity contribution is -0.380. The molecule has 0 aliphatic heterocycles. The average molecular weight is 224 g/mol. The first-order valence-corrected chi connectivity index (χ1v) is 5.16. The second kappa shape index (κ2) is 3.77. The van der Waals surface area contributed by atoms with Crippen LogP contribution in [0.4, 0.5) is 5.00 Å². The highest BCUT2D eigenvalue weighted by Crippen LogP contribution is 2.31. The SMILES string of the molecule is CCn1cnnc1-c1ccc([N+](=O)[O-])s1. The van der Waals surface area contributed by atoms with Crippen LogP contribution in [-0.4, -0.2) is 19.7 Å². The maximum Gasteiger partial charge on any atom is 0.324 e. The highest BCUT2D eigenvalue weighted by atomic mass is 32.1. The molecule has 0 amide bonds. The van der Waals surface area contributed by atoms with Crippen LogP contribution in [0.5, 0.6) is 0 Å². The van der Waals surface area contributed by atoms with E-state index in [1.807, 2.05) is 11.5 Å². The van der Waals surface area contributed by atoms with E-state index in [-0.39, 0.29) is 5.00 Å². The van der Waals surface area contributed by atoms with Gasteiger partial charge >= 0.3 is 5.00 Å². The molecule has 2 heterocycles. The van der Waals surface area contributed by atoms with Crippen molar-refractivity contribution in [1.82, 2.24) is 14.8 Å². The van der Waals surface area contributed by atoms with Crippen LogP contribution < -0.4 is 0 Å². The van der Waals surface area contributed by atoms with Gasteiger partial charge in [-0.1, -0.05) is 11.3 Å². The van der Waals surface area contributed by atoms with Gasteiger partial charge in [0.15, 0.2) is 5.82 Å². The summed E-state index contributed by atoms with van der Waals surface area (Å²) < 4.78 is 1.84. The van der Waals surface area contributed by atoms with Gasteiger partial charge in [-0.25, -0.2) is 0 Å². The van der Waals surface area contributed by atoms with Crippen molar-refractivity contribution in [2.75, 3.05) is 0 Å². The van der Waals surface area contributed by atoms with Crippen molar-refractivity contribution < 1.29 is 4.92 Å². The largest absolute Gasteiger partial charge is 0.324 e. The third-order valence-corrected chi connectivity index (χ3v) is 2.98. The fourth-order valence-corrected chi connectivity index (χ4v) is 2.04. The van der Waals surface area contributed by atoms with Crippen molar-refractivity contribution in [2.45, 2.75) is 13.5 Å². The molecule has 0 unspecified atom stereocenters. The zero-order chi connectivity index (χ0) is 10.8. The first kappa shape index (κ1) is 9.78. The smallest absolute Gasteiger partial charge is 0.313 e. The Morgan fingerprint density at radius 2 is 2.40 bits per heavy atom. The molecule has 2 rings (SSSR count). The Labute approximate surface area is 89.3 Å². The lowest BCUT2D eigenvalue weighted by Crippen LogP contribution is -1.93. The molecule has 0 aromatic carbocycles. The molecule has 15 heavy (non-hydrogen) atoms. The Bertz CT molecular complexity index is 490. The molecule has 2 aromatic rings. The number of hydrogen-bond acceptors (Lipinski definition) is 5. The van der Waals surface area contributed by atoms with Crippen LogP contribution in [-0.2, 0) is 6.54 Å². The molecular weight excluding hydrogens is 216 g/mol. The maximum absolute atomic E-state index is 10.5. The molecule has 0 aliphatic carbocycles. The quantitative estimate of drug-likeness (QED) is 0.589. The fourth-order valence-electron chi connectivity index (χ4n) is 1.22. The molecule has 0 radical (unpaired) electrons. The van der Waals surface area contributed by atoms with E-state index in [4.69, 9.17) is 0 Å². The second-order valence-corrected chi connectivity index (χ2v) is 3.90. The van der Waals surface area contributed by atoms with Crippen LogP contribution in [0.2, 0.25) is 0 Å². The summed E-state index contributed by atoms with van der Waals surface area (Å²) in [6.07, 6.45) is 1.61. The number of nitrogens with zero attached hydrogens (tertiary/aromatic N) is 4. The Balaban J connectivity index is 2.41. The molecule has 0 aliphatic rings. The van der Waals surface area contributed by atoms with E-state index < -0.39 is 4.92 Å². The Kier molecular flexibility index (Phi) is 2.46. The van der Waals surface area contributed by atoms with Crippen molar-refractivity contribution in [3.05, 3.63) is 28.6 Å². The molecule has 7 heteroatoms. The third kappa shape index (κ3) is 1.73. The molecule has 0 saturated carbocycles. The number of thiophene rings is 1. The van der Waals surface area contributed by atoms with Gasteiger partial charge in [0.1, 0.15) is 6.33 Å². The van der Waals surface area contributed by atoms with Gasteiger partial charge in [-0.15, -0.1) is 10.2 Å². The average Bonchev–Trinajstić information content (AvgIpc) is 2.85. The van der Waals surface area contributed by atoms with Crippen molar-refractivity contribution >= 4 is 16.3 Å². The zero-order valence-corrected chi connectivity index (χ0v) is 8.77. The van der Waals surface area contributed by atoms with Crippen LogP contribution in [0.3, 0.4) is 0 Å². The van der Waals surface area contributed by atoms with Crippen molar-refractivity contribution in [1.29, 1.82) is 0 Å². The number of nitro groups is 1. The number of hydrogen-bond donors (Lipinski definition) is 0. The van der Waals surface area contributed by atoms with Gasteiger partial charge in [0.2, 0.25) is 0 Å². The molecule has 0 fully saturated rings. The van der Waals surface area contributed by atoms with Gasteiger partial charge in [0.25, 0.3) is 0 Å². The van der Waals surface area contributed by atoms with Crippen molar-refractivity contribution in [3.63, 3.8) is 0 Å². The topological polar surface area (TPSA) is 73.8 Å². The summed E-state index contributed by atoms with van der Waals surface area (Å²) >= 11 is 1.11. The Morgan fingerprint density at radius 1 is 1.60 bits per heavy atom. The van der Waals surface area contributed by atoms with Gasteiger partial charge in [-0.2, -0.15) is 0 Å². The normalized spacial score (nSPS) is 10.5. The minimum atomic E-state index is -0.402. The van der Waals surface area contributed by atoms with E-state index in [1.165, 1.54) is 6.07 Å². The summed E-state index contributed by atoms with van der Waals surface area (Å²) in [6, 6.07) is 3.17. The lowest BCUT2D eigenvalue weighted by atomic mass is 10.4. The molecular formula is C8H8N4O2S. The summed E-state index contributed by atoms with van der Waals surface area (Å²) in [4.78, 5) is 10.9. The van der Waals surface area contributed by atoms with Crippen LogP contribution in [0.25, 0.3) is 10.7 Å². The maximum atomic E-state index is 10.5. The molecule has 6 nitrogen and oxygen atoms in total. The monoisotopic (exact) mass is 224 g/mol. The highest BCUT2D eigenvalue weighted by Gasteiger charge is 2.14. The number of rotatable bonds is 3. The minimum Gasteiger partial charge on any atom is -0.313 e. The van der Waals surface area contributed by atoms with Crippen molar-refractivity contribution in [2.24, 2.45) is 0 Å². The third-order valence-electron chi connectivity index (χ3n) is 1.95. The highest BCUT2D eigenvalue weighted by molar-refractivity contribution is 7.18. The fraction of sp³-hybridized carbons (Fsp3) is 0.250. The van der Waals surface area contributed by atoms with E-state index in [1.54, 1.807) is 12.4 Å². The summed E-state index contributed by atoms with van der Waals surface area (Å²) in [6.45, 7) is 2.71. The van der Waals surface area contributed by atoms with E-state index >= 15 is 0 Å². The first-order valence-electron chi connectivity index (χ1n) is 4.34. The minimum absolute atomic E-state index is 0.121. The summed E-state index contributed by atoms with van der Waals surface area (Å²) in [5.74, 6) is 0.676. The van der Waals surface area contributed by atoms with E-state index in [2.05, 4.69) is 10.2 Å². The lowest BCUT2D eigenvalue weighted by Gasteiger charge is -1.98. The Morgan fingerprint density at radius 3 is 3.00 bits per heavy atom. The summed E-state index contributed by atoms with van der Waals surface area (Å²) in [5, 5.41) is 18.3. The molecule has 0 atom stereocenters. The van der Waals surface area contributed by atoms with Crippen LogP contribution in [0.1, 0.15) is 6.92 Å². The van der Waals surface area contributed by atoms with Crippen molar-refractivity contribution in [3.8, 4) is 10.7 Å². The van der Waals surface area contributed by atoms with Gasteiger partial charge in [-0.3, -0.25) is 10.1 Å². The molecule has 0 bridgehead atoms. The van der Waals surface area contributed by atoms with Crippen LogP contribution in [0.15, 0.2) is 18.5 Å². The molecule has 0 saturated heterocycles. The number of aryl methyl sites for hydroxylation is 1.